The average molecular weight is 327 g/mol. The van der Waals surface area contributed by atoms with Crippen LogP contribution in [0.5, 0.6) is 5.75 Å². The van der Waals surface area contributed by atoms with Crippen LogP contribution < -0.4 is 15.5 Å². The second-order valence-electron chi connectivity index (χ2n) is 5.79. The fourth-order valence-corrected chi connectivity index (χ4v) is 2.72. The lowest BCUT2D eigenvalue weighted by molar-refractivity contribution is 0.238. The van der Waals surface area contributed by atoms with Crippen LogP contribution in [0.3, 0.4) is 0 Å². The van der Waals surface area contributed by atoms with Gasteiger partial charge in [0.15, 0.2) is 0 Å². The van der Waals surface area contributed by atoms with Crippen LogP contribution in [0.1, 0.15) is 18.9 Å². The van der Waals surface area contributed by atoms with Crippen LogP contribution in [0, 0.1) is 0 Å². The third kappa shape index (κ3) is 3.13. The fourth-order valence-electron chi connectivity index (χ4n) is 2.72. The standard InChI is InChI=1S/C19H21NO4/c1-3-13(11-21)20-10-12-4-7-17-16(8-12)19(22)15-6-5-14(23-2)9-18(15)24-17/h4-9,13,20-21H,3,10-11H2,1-2H3/t13-/m0/s1. The van der Waals surface area contributed by atoms with Crippen LogP contribution in [0.25, 0.3) is 21.9 Å². The molecule has 0 saturated carbocycles. The van der Waals surface area contributed by atoms with Crippen LogP contribution in [-0.4, -0.2) is 24.9 Å². The van der Waals surface area contributed by atoms with Gasteiger partial charge in [0.25, 0.3) is 0 Å². The van der Waals surface area contributed by atoms with E-state index in [1.54, 1.807) is 25.3 Å². The first-order valence-electron chi connectivity index (χ1n) is 8.04. The van der Waals surface area contributed by atoms with Crippen LogP contribution in [0.15, 0.2) is 45.6 Å². The summed E-state index contributed by atoms with van der Waals surface area (Å²) in [7, 11) is 1.58. The molecular weight excluding hydrogens is 306 g/mol. The van der Waals surface area contributed by atoms with Crippen molar-refractivity contribution in [1.29, 1.82) is 0 Å². The van der Waals surface area contributed by atoms with Gasteiger partial charge in [0.05, 0.1) is 24.5 Å². The number of ether oxygens (including phenoxy) is 1. The van der Waals surface area contributed by atoms with Crippen molar-refractivity contribution in [3.05, 3.63) is 52.2 Å². The highest BCUT2D eigenvalue weighted by Crippen LogP contribution is 2.23. The van der Waals surface area contributed by atoms with E-state index in [9.17, 15) is 9.90 Å². The first-order chi connectivity index (χ1) is 11.7. The van der Waals surface area contributed by atoms with E-state index in [4.69, 9.17) is 9.15 Å². The Morgan fingerprint density at radius 2 is 2.00 bits per heavy atom. The van der Waals surface area contributed by atoms with E-state index in [1.165, 1.54) is 0 Å². The summed E-state index contributed by atoms with van der Waals surface area (Å²) in [4.78, 5) is 12.7. The normalized spacial score (nSPS) is 12.6. The molecule has 0 aliphatic carbocycles. The molecule has 5 nitrogen and oxygen atoms in total. The van der Waals surface area contributed by atoms with Gasteiger partial charge >= 0.3 is 0 Å². The van der Waals surface area contributed by atoms with Gasteiger partial charge in [0, 0.05) is 18.7 Å². The van der Waals surface area contributed by atoms with E-state index in [0.717, 1.165) is 12.0 Å². The summed E-state index contributed by atoms with van der Waals surface area (Å²) in [6, 6.07) is 10.8. The second kappa shape index (κ2) is 7.03. The highest BCUT2D eigenvalue weighted by atomic mass is 16.5. The van der Waals surface area contributed by atoms with Crippen molar-refractivity contribution in [1.82, 2.24) is 5.32 Å². The summed E-state index contributed by atoms with van der Waals surface area (Å²) in [5, 5.41) is 13.6. The fraction of sp³-hybridized carbons (Fsp3) is 0.316. The van der Waals surface area contributed by atoms with Crippen molar-refractivity contribution in [2.24, 2.45) is 0 Å². The highest BCUT2D eigenvalue weighted by Gasteiger charge is 2.10. The number of rotatable bonds is 6. The predicted molar refractivity (Wildman–Crippen MR) is 94.5 cm³/mol. The van der Waals surface area contributed by atoms with Gasteiger partial charge in [-0.1, -0.05) is 13.0 Å². The first kappa shape index (κ1) is 16.5. The SMILES string of the molecule is CC[C@@H](CO)NCc1ccc2oc3cc(OC)ccc3c(=O)c2c1. The number of fused-ring (bicyclic) bond motifs is 2. The average Bonchev–Trinajstić information content (AvgIpc) is 2.62. The van der Waals surface area contributed by atoms with Gasteiger partial charge < -0.3 is 19.6 Å². The first-order valence-corrected chi connectivity index (χ1v) is 8.04. The zero-order chi connectivity index (χ0) is 17.1. The highest BCUT2D eigenvalue weighted by molar-refractivity contribution is 5.90. The lowest BCUT2D eigenvalue weighted by atomic mass is 10.1. The van der Waals surface area contributed by atoms with Crippen molar-refractivity contribution in [3.8, 4) is 5.75 Å². The Kier molecular flexibility index (Phi) is 4.83. The van der Waals surface area contributed by atoms with E-state index >= 15 is 0 Å². The Labute approximate surface area is 139 Å². The maximum Gasteiger partial charge on any atom is 0.200 e. The molecule has 0 spiro atoms. The minimum atomic E-state index is -0.0510. The molecule has 1 heterocycles. The van der Waals surface area contributed by atoms with Crippen molar-refractivity contribution >= 4 is 21.9 Å². The van der Waals surface area contributed by atoms with E-state index in [-0.39, 0.29) is 18.1 Å². The molecule has 3 rings (SSSR count). The maximum absolute atomic E-state index is 12.7. The van der Waals surface area contributed by atoms with E-state index < -0.39 is 0 Å². The minimum Gasteiger partial charge on any atom is -0.497 e. The molecule has 1 atom stereocenters. The molecule has 1 aromatic heterocycles. The molecular formula is C19H21NO4. The van der Waals surface area contributed by atoms with E-state index in [0.29, 0.717) is 34.2 Å². The minimum absolute atomic E-state index is 0.0510. The third-order valence-electron chi connectivity index (χ3n) is 4.25. The van der Waals surface area contributed by atoms with Gasteiger partial charge in [0.1, 0.15) is 16.9 Å². The Morgan fingerprint density at radius 3 is 2.71 bits per heavy atom. The summed E-state index contributed by atoms with van der Waals surface area (Å²) in [5.41, 5.74) is 2.00. The molecule has 126 valence electrons. The maximum atomic E-state index is 12.7. The molecule has 2 aromatic carbocycles. The number of nitrogens with one attached hydrogen (secondary N) is 1. The smallest absolute Gasteiger partial charge is 0.200 e. The van der Waals surface area contributed by atoms with Crippen molar-refractivity contribution < 1.29 is 14.3 Å². The van der Waals surface area contributed by atoms with Crippen LogP contribution in [-0.2, 0) is 6.54 Å². The van der Waals surface area contributed by atoms with Gasteiger partial charge in [-0.15, -0.1) is 0 Å². The lowest BCUT2D eigenvalue weighted by Gasteiger charge is -2.14. The topological polar surface area (TPSA) is 71.7 Å². The monoisotopic (exact) mass is 327 g/mol. The number of benzene rings is 2. The van der Waals surface area contributed by atoms with Crippen LogP contribution in [0.2, 0.25) is 0 Å². The summed E-state index contributed by atoms with van der Waals surface area (Å²) in [5.74, 6) is 0.653. The zero-order valence-electron chi connectivity index (χ0n) is 13.8. The molecule has 0 aliphatic heterocycles. The molecule has 3 aromatic rings. The Morgan fingerprint density at radius 1 is 1.17 bits per heavy atom. The van der Waals surface area contributed by atoms with Gasteiger partial charge in [0.2, 0.25) is 5.43 Å². The molecule has 0 unspecified atom stereocenters. The lowest BCUT2D eigenvalue weighted by Crippen LogP contribution is -2.31. The predicted octanol–water partition coefficient (Wildman–Crippen LogP) is 2.82. The summed E-state index contributed by atoms with van der Waals surface area (Å²) in [6.07, 6.45) is 0.846. The quantitative estimate of drug-likeness (QED) is 0.681. The largest absolute Gasteiger partial charge is 0.497 e. The van der Waals surface area contributed by atoms with Crippen LogP contribution >= 0.6 is 0 Å². The number of hydrogen-bond donors (Lipinski definition) is 2. The van der Waals surface area contributed by atoms with Gasteiger partial charge in [-0.2, -0.15) is 0 Å². The summed E-state index contributed by atoms with van der Waals surface area (Å²) >= 11 is 0. The molecule has 0 amide bonds. The number of aliphatic hydroxyl groups excluding tert-OH is 1. The van der Waals surface area contributed by atoms with Crippen molar-refractivity contribution in [3.63, 3.8) is 0 Å². The van der Waals surface area contributed by atoms with E-state index in [1.807, 2.05) is 25.1 Å². The third-order valence-corrected chi connectivity index (χ3v) is 4.25. The molecule has 0 aliphatic rings. The Hall–Kier alpha value is -2.37. The van der Waals surface area contributed by atoms with E-state index in [2.05, 4.69) is 5.32 Å². The van der Waals surface area contributed by atoms with Gasteiger partial charge in [-0.05, 0) is 36.2 Å². The molecule has 24 heavy (non-hydrogen) atoms. The van der Waals surface area contributed by atoms with Crippen molar-refractivity contribution in [2.45, 2.75) is 25.9 Å². The van der Waals surface area contributed by atoms with Gasteiger partial charge in [-0.25, -0.2) is 0 Å². The summed E-state index contributed by atoms with van der Waals surface area (Å²) in [6.45, 7) is 2.71. The Balaban J connectivity index is 2.01. The number of methoxy groups -OCH3 is 1. The molecule has 2 N–H and O–H groups in total. The van der Waals surface area contributed by atoms with Crippen LogP contribution in [0.4, 0.5) is 0 Å². The van der Waals surface area contributed by atoms with Crippen molar-refractivity contribution in [2.75, 3.05) is 13.7 Å². The molecule has 0 fully saturated rings. The molecule has 5 heteroatoms. The zero-order valence-corrected chi connectivity index (χ0v) is 13.8. The Bertz CT molecular complexity index is 912. The molecule has 0 radical (unpaired) electrons. The summed E-state index contributed by atoms with van der Waals surface area (Å²) < 4.78 is 11.0. The molecule has 0 bridgehead atoms. The number of hydrogen-bond acceptors (Lipinski definition) is 5. The van der Waals surface area contributed by atoms with Gasteiger partial charge in [-0.3, -0.25) is 4.79 Å². The number of aliphatic hydroxyl groups is 1. The second-order valence-corrected chi connectivity index (χ2v) is 5.79. The molecule has 0 saturated heterocycles.